The Kier molecular flexibility index (Phi) is 3.33. The lowest BCUT2D eigenvalue weighted by Gasteiger charge is -2.09. The van der Waals surface area contributed by atoms with Crippen LogP contribution >= 0.6 is 0 Å². The average molecular weight is 241 g/mol. The molecule has 1 heterocycles. The molecule has 92 valence electrons. The first-order valence-corrected chi connectivity index (χ1v) is 5.92. The van der Waals surface area contributed by atoms with Crippen LogP contribution in [0.25, 0.3) is 10.9 Å². The van der Waals surface area contributed by atoms with Crippen LogP contribution in [0.3, 0.4) is 0 Å². The quantitative estimate of drug-likeness (QED) is 0.895. The van der Waals surface area contributed by atoms with Crippen LogP contribution < -0.4 is 5.32 Å². The van der Waals surface area contributed by atoms with Crippen LogP contribution in [0.2, 0.25) is 0 Å². The van der Waals surface area contributed by atoms with Crippen molar-refractivity contribution in [3.63, 3.8) is 0 Å². The van der Waals surface area contributed by atoms with E-state index in [0.29, 0.717) is 12.1 Å². The lowest BCUT2D eigenvalue weighted by molar-refractivity contribution is 0.0937. The summed E-state index contributed by atoms with van der Waals surface area (Å²) in [5.41, 5.74) is 1.58. The molecule has 1 atom stereocenters. The van der Waals surface area contributed by atoms with Gasteiger partial charge >= 0.3 is 0 Å². The molecular formula is C14H15N3O. The Balaban J connectivity index is 2.34. The molecule has 1 amide bonds. The molecule has 0 aliphatic heterocycles. The summed E-state index contributed by atoms with van der Waals surface area (Å²) in [5.74, 6) is -0.206. The number of rotatable bonds is 3. The van der Waals surface area contributed by atoms with E-state index in [1.807, 2.05) is 48.9 Å². The third-order valence-corrected chi connectivity index (χ3v) is 3.05. The van der Waals surface area contributed by atoms with Crippen molar-refractivity contribution in [1.82, 2.24) is 9.88 Å². The van der Waals surface area contributed by atoms with E-state index >= 15 is 0 Å². The average Bonchev–Trinajstić information content (AvgIpc) is 2.74. The molecule has 0 bridgehead atoms. The number of hydrogen-bond donors (Lipinski definition) is 1. The van der Waals surface area contributed by atoms with Gasteiger partial charge in [-0.05, 0) is 18.6 Å². The van der Waals surface area contributed by atoms with Crippen LogP contribution in [0.1, 0.15) is 23.8 Å². The second-order valence-corrected chi connectivity index (χ2v) is 4.21. The first-order valence-electron chi connectivity index (χ1n) is 5.92. The first-order chi connectivity index (χ1) is 8.67. The van der Waals surface area contributed by atoms with Gasteiger partial charge in [-0.15, -0.1) is 0 Å². The molecule has 4 nitrogen and oxygen atoms in total. The molecule has 0 aliphatic carbocycles. The number of carbonyl (C=O) groups excluding carboxylic acids is 1. The molecule has 0 radical (unpaired) electrons. The maximum atomic E-state index is 12.1. The molecule has 1 aromatic heterocycles. The summed E-state index contributed by atoms with van der Waals surface area (Å²) in [6.07, 6.45) is 0.603. The molecule has 0 spiro atoms. The number of benzene rings is 1. The van der Waals surface area contributed by atoms with Crippen molar-refractivity contribution >= 4 is 16.8 Å². The summed E-state index contributed by atoms with van der Waals surface area (Å²) in [7, 11) is 1.85. The molecule has 0 saturated carbocycles. The zero-order valence-corrected chi connectivity index (χ0v) is 10.5. The number of fused-ring (bicyclic) bond motifs is 1. The summed E-state index contributed by atoms with van der Waals surface area (Å²) in [6.45, 7) is 1.87. The predicted molar refractivity (Wildman–Crippen MR) is 70.1 cm³/mol. The van der Waals surface area contributed by atoms with Crippen molar-refractivity contribution in [2.75, 3.05) is 0 Å². The van der Waals surface area contributed by atoms with Crippen molar-refractivity contribution in [1.29, 1.82) is 5.26 Å². The third kappa shape index (κ3) is 2.07. The minimum atomic E-state index is -0.435. The lowest BCUT2D eigenvalue weighted by atomic mass is 10.2. The second kappa shape index (κ2) is 4.92. The molecule has 0 fully saturated rings. The predicted octanol–water partition coefficient (Wildman–Crippen LogP) is 2.21. The van der Waals surface area contributed by atoms with E-state index in [1.165, 1.54) is 0 Å². The van der Waals surface area contributed by atoms with Gasteiger partial charge < -0.3 is 9.88 Å². The fraction of sp³-hybridized carbons (Fsp3) is 0.286. The Morgan fingerprint density at radius 2 is 2.22 bits per heavy atom. The van der Waals surface area contributed by atoms with Gasteiger partial charge in [0.05, 0.1) is 6.07 Å². The molecule has 4 heteroatoms. The van der Waals surface area contributed by atoms with E-state index in [9.17, 15) is 4.79 Å². The largest absolute Gasteiger partial charge is 0.340 e. The highest BCUT2D eigenvalue weighted by Gasteiger charge is 2.15. The highest BCUT2D eigenvalue weighted by Crippen LogP contribution is 2.18. The Morgan fingerprint density at radius 3 is 2.83 bits per heavy atom. The van der Waals surface area contributed by atoms with E-state index < -0.39 is 6.04 Å². The monoisotopic (exact) mass is 241 g/mol. The molecule has 0 unspecified atom stereocenters. The van der Waals surface area contributed by atoms with Crippen molar-refractivity contribution in [3.05, 3.63) is 36.0 Å². The molecule has 1 N–H and O–H groups in total. The van der Waals surface area contributed by atoms with Crippen LogP contribution in [0.15, 0.2) is 30.3 Å². The van der Waals surface area contributed by atoms with Gasteiger partial charge in [-0.3, -0.25) is 4.79 Å². The molecular weight excluding hydrogens is 226 g/mol. The Morgan fingerprint density at radius 1 is 1.50 bits per heavy atom. The molecule has 2 rings (SSSR count). The minimum Gasteiger partial charge on any atom is -0.340 e. The van der Waals surface area contributed by atoms with E-state index in [0.717, 1.165) is 10.9 Å². The number of nitriles is 1. The fourth-order valence-corrected chi connectivity index (χ4v) is 1.96. The molecule has 1 aromatic carbocycles. The van der Waals surface area contributed by atoms with Crippen molar-refractivity contribution in [2.24, 2.45) is 7.05 Å². The van der Waals surface area contributed by atoms with Crippen LogP contribution in [0, 0.1) is 11.3 Å². The summed E-state index contributed by atoms with van der Waals surface area (Å²) < 4.78 is 1.84. The highest BCUT2D eigenvalue weighted by atomic mass is 16.2. The van der Waals surface area contributed by atoms with Crippen LogP contribution in [-0.4, -0.2) is 16.5 Å². The number of aryl methyl sites for hydroxylation is 1. The number of amides is 1. The summed E-state index contributed by atoms with van der Waals surface area (Å²) in [4.78, 5) is 12.1. The highest BCUT2D eigenvalue weighted by molar-refractivity contribution is 5.98. The number of nitrogens with one attached hydrogen (secondary N) is 1. The zero-order valence-electron chi connectivity index (χ0n) is 10.5. The van der Waals surface area contributed by atoms with Crippen LogP contribution in [-0.2, 0) is 7.05 Å². The van der Waals surface area contributed by atoms with Crippen LogP contribution in [0.5, 0.6) is 0 Å². The first kappa shape index (κ1) is 12.2. The maximum absolute atomic E-state index is 12.1. The lowest BCUT2D eigenvalue weighted by Crippen LogP contribution is -2.34. The van der Waals surface area contributed by atoms with E-state index in [4.69, 9.17) is 5.26 Å². The number of aromatic nitrogens is 1. The van der Waals surface area contributed by atoms with Gasteiger partial charge in [-0.25, -0.2) is 0 Å². The fourth-order valence-electron chi connectivity index (χ4n) is 1.96. The Hall–Kier alpha value is -2.28. The Bertz CT molecular complexity index is 621. The van der Waals surface area contributed by atoms with Gasteiger partial charge in [-0.2, -0.15) is 5.26 Å². The molecule has 18 heavy (non-hydrogen) atoms. The van der Waals surface area contributed by atoms with E-state index in [2.05, 4.69) is 11.4 Å². The SMILES string of the molecule is CC[C@H](C#N)NC(=O)c1cc2ccccc2n1C. The van der Waals surface area contributed by atoms with Gasteiger partial charge in [0, 0.05) is 18.0 Å². The molecule has 0 aliphatic rings. The van der Waals surface area contributed by atoms with Gasteiger partial charge in [-0.1, -0.05) is 25.1 Å². The number of para-hydroxylation sites is 1. The molecule has 2 aromatic rings. The van der Waals surface area contributed by atoms with Crippen LogP contribution in [0.4, 0.5) is 0 Å². The van der Waals surface area contributed by atoms with Gasteiger partial charge in [0.25, 0.3) is 5.91 Å². The topological polar surface area (TPSA) is 57.8 Å². The van der Waals surface area contributed by atoms with Gasteiger partial charge in [0.1, 0.15) is 11.7 Å². The Labute approximate surface area is 106 Å². The summed E-state index contributed by atoms with van der Waals surface area (Å²) >= 11 is 0. The van der Waals surface area contributed by atoms with E-state index in [-0.39, 0.29) is 5.91 Å². The normalized spacial score (nSPS) is 12.1. The third-order valence-electron chi connectivity index (χ3n) is 3.05. The van der Waals surface area contributed by atoms with Crippen molar-refractivity contribution in [3.8, 4) is 6.07 Å². The summed E-state index contributed by atoms with van der Waals surface area (Å²) in [5, 5.41) is 12.6. The smallest absolute Gasteiger partial charge is 0.268 e. The minimum absolute atomic E-state index is 0.206. The number of nitrogens with zero attached hydrogens (tertiary/aromatic N) is 2. The zero-order chi connectivity index (χ0) is 13.1. The van der Waals surface area contributed by atoms with E-state index in [1.54, 1.807) is 0 Å². The molecule has 0 saturated heterocycles. The van der Waals surface area contributed by atoms with Crippen molar-refractivity contribution in [2.45, 2.75) is 19.4 Å². The standard InChI is InChI=1S/C14H15N3O/c1-3-11(9-15)16-14(18)13-8-10-6-4-5-7-12(10)17(13)2/h4-8,11H,3H2,1-2H3,(H,16,18)/t11-/m1/s1. The number of hydrogen-bond acceptors (Lipinski definition) is 2. The maximum Gasteiger partial charge on any atom is 0.268 e. The number of carbonyl (C=O) groups is 1. The van der Waals surface area contributed by atoms with Crippen molar-refractivity contribution < 1.29 is 4.79 Å². The van der Waals surface area contributed by atoms with Gasteiger partial charge in [0.2, 0.25) is 0 Å². The second-order valence-electron chi connectivity index (χ2n) is 4.21. The summed E-state index contributed by atoms with van der Waals surface area (Å²) in [6, 6.07) is 11.3. The van der Waals surface area contributed by atoms with Gasteiger partial charge in [0.15, 0.2) is 0 Å².